The SMILES string of the molecule is Cc1c(C#N)c(Nc2ccc(Cl)c(S(=O)(=O)O)c2)nc(Nc2ccc(Cl)c(S(=O)(=O)O)c2)c1N=Nc1sc(N=Nc2cc(C(=O)O)cc(C(=O)O)c2)c(-c2cccc(NC(=O)CCC(=O)O)c2)c1C(=O)O. The molecule has 0 atom stereocenters. The maximum absolute atomic E-state index is 13.3. The van der Waals surface area contributed by atoms with Crippen LogP contribution in [-0.2, 0) is 29.8 Å². The van der Waals surface area contributed by atoms with Crippen molar-refractivity contribution in [3.8, 4) is 17.2 Å². The monoisotopic (exact) mass is 1070 g/mol. The molecule has 0 aliphatic heterocycles. The van der Waals surface area contributed by atoms with Gasteiger partial charge in [0.05, 0.1) is 38.8 Å². The average Bonchev–Trinajstić information content (AvgIpc) is 3.66. The summed E-state index contributed by atoms with van der Waals surface area (Å²) in [4.78, 5) is 63.6. The van der Waals surface area contributed by atoms with Crippen molar-refractivity contribution in [1.82, 2.24) is 4.98 Å². The summed E-state index contributed by atoms with van der Waals surface area (Å²) < 4.78 is 68.0. The average molecular weight is 1070 g/mol. The molecule has 24 nitrogen and oxygen atoms in total. The summed E-state index contributed by atoms with van der Waals surface area (Å²) in [5.74, 6) is -7.23. The number of carbonyl (C=O) groups is 5. The van der Waals surface area contributed by atoms with E-state index < -0.39 is 94.3 Å². The summed E-state index contributed by atoms with van der Waals surface area (Å²) in [5, 5.41) is 72.8. The number of nitrogens with zero attached hydrogens (tertiary/aromatic N) is 6. The van der Waals surface area contributed by atoms with Gasteiger partial charge in [0, 0.05) is 34.6 Å². The van der Waals surface area contributed by atoms with Gasteiger partial charge in [-0.2, -0.15) is 22.1 Å². The Morgan fingerprint density at radius 1 is 0.690 bits per heavy atom. The van der Waals surface area contributed by atoms with Crippen LogP contribution in [0.1, 0.15) is 55.0 Å². The Bertz CT molecular complexity index is 3550. The van der Waals surface area contributed by atoms with E-state index in [-0.39, 0.29) is 77.4 Å². The van der Waals surface area contributed by atoms with Crippen LogP contribution in [0, 0.1) is 18.3 Å². The number of nitriles is 1. The van der Waals surface area contributed by atoms with Crippen molar-refractivity contribution in [3.63, 3.8) is 0 Å². The van der Waals surface area contributed by atoms with Crippen LogP contribution in [0.5, 0.6) is 0 Å². The molecule has 0 saturated heterocycles. The number of nitrogens with one attached hydrogen (secondary N) is 3. The lowest BCUT2D eigenvalue weighted by atomic mass is 10.0. The van der Waals surface area contributed by atoms with E-state index in [1.54, 1.807) is 0 Å². The molecule has 71 heavy (non-hydrogen) atoms. The van der Waals surface area contributed by atoms with E-state index in [1.165, 1.54) is 43.3 Å². The molecule has 0 radical (unpaired) electrons. The Morgan fingerprint density at radius 2 is 1.25 bits per heavy atom. The van der Waals surface area contributed by atoms with E-state index in [9.17, 15) is 70.5 Å². The van der Waals surface area contributed by atoms with Crippen molar-refractivity contribution < 1.29 is 70.3 Å². The number of carbonyl (C=O) groups excluding carboxylic acids is 1. The molecule has 0 saturated carbocycles. The first kappa shape index (κ1) is 52.1. The summed E-state index contributed by atoms with van der Waals surface area (Å²) in [5.41, 5.74) is -2.73. The van der Waals surface area contributed by atoms with Crippen molar-refractivity contribution in [1.29, 1.82) is 5.26 Å². The van der Waals surface area contributed by atoms with E-state index in [1.807, 2.05) is 6.07 Å². The predicted octanol–water partition coefficient (Wildman–Crippen LogP) is 10.0. The van der Waals surface area contributed by atoms with Gasteiger partial charge in [-0.3, -0.25) is 18.7 Å². The van der Waals surface area contributed by atoms with Gasteiger partial charge in [-0.25, -0.2) is 19.4 Å². The van der Waals surface area contributed by atoms with E-state index >= 15 is 0 Å². The number of hydrogen-bond donors (Lipinski definition) is 9. The molecule has 0 aliphatic rings. The molecule has 0 fully saturated rings. The number of benzene rings is 4. The third kappa shape index (κ3) is 12.5. The van der Waals surface area contributed by atoms with Crippen LogP contribution in [-0.4, -0.2) is 81.1 Å². The van der Waals surface area contributed by atoms with Crippen LogP contribution >= 0.6 is 34.5 Å². The molecule has 2 aromatic heterocycles. The van der Waals surface area contributed by atoms with Crippen molar-refractivity contribution in [3.05, 3.63) is 117 Å². The number of rotatable bonds is 18. The molecule has 29 heteroatoms. The second kappa shape index (κ2) is 21.2. The van der Waals surface area contributed by atoms with Gasteiger partial charge in [0.25, 0.3) is 20.2 Å². The van der Waals surface area contributed by atoms with Crippen LogP contribution < -0.4 is 16.0 Å². The number of thiophene rings is 1. The number of aliphatic carboxylic acids is 1. The minimum absolute atomic E-state index is 0.0448. The molecule has 6 aromatic rings. The Morgan fingerprint density at radius 3 is 1.77 bits per heavy atom. The zero-order valence-electron chi connectivity index (χ0n) is 35.4. The van der Waals surface area contributed by atoms with Crippen LogP contribution in [0.25, 0.3) is 11.1 Å². The molecular formula is C42H29Cl2N9O15S3. The standard InChI is InChI=1S/C42H29Cl2N9O15S3/c1-18-26(17-45)36(47-23-5-7-27(43)29(15-23)70(63,64)65)49-37(48-24-6-8-28(44)30(16-24)71(66,67)68)35(18)51-53-39-34(42(61)62)33(19-3-2-4-22(12-19)46-31(54)9-10-32(55)56)38(69-39)52-50-25-13-20(40(57)58)11-21(14-25)41(59)60/h2-8,11-16H,9-10H2,1H3,(H,46,54)(H,55,56)(H,57,58)(H,59,60)(H,61,62)(H2,47,48,49)(H,63,64,65)(H,66,67,68). The first-order valence-corrected chi connectivity index (χ1v) is 23.8. The smallest absolute Gasteiger partial charge is 0.339 e. The first-order chi connectivity index (χ1) is 33.3. The maximum atomic E-state index is 13.3. The van der Waals surface area contributed by atoms with Crippen LogP contribution in [0.3, 0.4) is 0 Å². The summed E-state index contributed by atoms with van der Waals surface area (Å²) in [6.45, 7) is 1.35. The molecule has 6 rings (SSSR count). The Labute approximate surface area is 413 Å². The molecule has 0 spiro atoms. The lowest BCUT2D eigenvalue weighted by Crippen LogP contribution is -2.13. The second-order valence-corrected chi connectivity index (χ2v) is 18.9. The molecule has 1 amide bonds. The van der Waals surface area contributed by atoms with E-state index in [4.69, 9.17) is 28.3 Å². The Kier molecular flexibility index (Phi) is 15.6. The molecule has 2 heterocycles. The summed E-state index contributed by atoms with van der Waals surface area (Å²) >= 11 is 12.6. The fourth-order valence-electron chi connectivity index (χ4n) is 6.29. The topological polar surface area (TPSA) is 397 Å². The molecule has 4 aromatic carbocycles. The van der Waals surface area contributed by atoms with Crippen molar-refractivity contribution in [2.24, 2.45) is 20.5 Å². The van der Waals surface area contributed by atoms with Gasteiger partial charge in [0.2, 0.25) is 5.91 Å². The number of carboxylic acids is 4. The van der Waals surface area contributed by atoms with Gasteiger partial charge < -0.3 is 36.4 Å². The highest BCUT2D eigenvalue weighted by Crippen LogP contribution is 2.49. The number of hydrogen-bond acceptors (Lipinski definition) is 18. The van der Waals surface area contributed by atoms with Gasteiger partial charge >= 0.3 is 23.9 Å². The van der Waals surface area contributed by atoms with Crippen LogP contribution in [0.2, 0.25) is 10.0 Å². The van der Waals surface area contributed by atoms with Crippen molar-refractivity contribution >= 4 is 135 Å². The second-order valence-electron chi connectivity index (χ2n) is 14.3. The molecule has 9 N–H and O–H groups in total. The van der Waals surface area contributed by atoms with Crippen molar-refractivity contribution in [2.75, 3.05) is 16.0 Å². The highest BCUT2D eigenvalue weighted by molar-refractivity contribution is 7.86. The van der Waals surface area contributed by atoms with Gasteiger partial charge in [0.1, 0.15) is 32.1 Å². The summed E-state index contributed by atoms with van der Waals surface area (Å²) in [6.07, 6.45) is -0.917. The number of halogens is 2. The number of anilines is 5. The largest absolute Gasteiger partial charge is 0.481 e. The molecule has 0 unspecified atom stereocenters. The van der Waals surface area contributed by atoms with Gasteiger partial charge in [0.15, 0.2) is 16.6 Å². The number of carboxylic acid groups (broad SMARTS) is 4. The Balaban J connectivity index is 1.58. The maximum Gasteiger partial charge on any atom is 0.339 e. The first-order valence-electron chi connectivity index (χ1n) is 19.3. The van der Waals surface area contributed by atoms with E-state index in [2.05, 4.69) is 41.4 Å². The Hall–Kier alpha value is -8.23. The molecule has 0 bridgehead atoms. The van der Waals surface area contributed by atoms with Gasteiger partial charge in [-0.05, 0) is 79.2 Å². The molecule has 364 valence electrons. The molecule has 0 aliphatic carbocycles. The number of pyridine rings is 1. The third-order valence-electron chi connectivity index (χ3n) is 9.47. The normalized spacial score (nSPS) is 11.6. The minimum atomic E-state index is -4.91. The van der Waals surface area contributed by atoms with Gasteiger partial charge in [-0.1, -0.05) is 46.7 Å². The fourth-order valence-corrected chi connectivity index (χ4v) is 9.25. The zero-order valence-corrected chi connectivity index (χ0v) is 39.4. The van der Waals surface area contributed by atoms with E-state index in [0.717, 1.165) is 42.5 Å². The summed E-state index contributed by atoms with van der Waals surface area (Å²) in [6, 6.07) is 16.9. The summed E-state index contributed by atoms with van der Waals surface area (Å²) in [7, 11) is -9.77. The quantitative estimate of drug-likeness (QED) is 0.0285. The number of amides is 1. The minimum Gasteiger partial charge on any atom is -0.481 e. The van der Waals surface area contributed by atoms with Gasteiger partial charge in [-0.15, -0.1) is 20.5 Å². The lowest BCUT2D eigenvalue weighted by molar-refractivity contribution is -0.138. The highest BCUT2D eigenvalue weighted by Gasteiger charge is 2.28. The lowest BCUT2D eigenvalue weighted by Gasteiger charge is -2.16. The zero-order chi connectivity index (χ0) is 52.1. The van der Waals surface area contributed by atoms with Crippen molar-refractivity contribution in [2.45, 2.75) is 29.6 Å². The fraction of sp³-hybridized carbons (Fsp3) is 0.0714. The highest BCUT2D eigenvalue weighted by atomic mass is 35.5. The van der Waals surface area contributed by atoms with Crippen LogP contribution in [0.4, 0.5) is 50.1 Å². The number of azo groups is 2. The van der Waals surface area contributed by atoms with E-state index in [0.29, 0.717) is 11.3 Å². The molecular weight excluding hydrogens is 1040 g/mol. The predicted molar refractivity (Wildman–Crippen MR) is 254 cm³/mol. The van der Waals surface area contributed by atoms with Crippen LogP contribution in [0.15, 0.2) is 109 Å². The third-order valence-corrected chi connectivity index (χ3v) is 13.1. The number of aromatic nitrogens is 1. The number of aromatic carboxylic acids is 3.